The minimum absolute atomic E-state index is 0.0958. The van der Waals surface area contributed by atoms with Crippen molar-refractivity contribution in [3.05, 3.63) is 98.5 Å². The van der Waals surface area contributed by atoms with E-state index in [2.05, 4.69) is 45.2 Å². The molecule has 17 nitrogen and oxygen atoms in total. The van der Waals surface area contributed by atoms with Crippen LogP contribution in [0.4, 0.5) is 5.69 Å². The summed E-state index contributed by atoms with van der Waals surface area (Å²) >= 11 is 6.45. The topological polar surface area (TPSA) is 188 Å². The predicted octanol–water partition coefficient (Wildman–Crippen LogP) is 7.48. The van der Waals surface area contributed by atoms with Crippen LogP contribution >= 0.6 is 11.6 Å². The highest BCUT2D eigenvalue weighted by atomic mass is 35.5. The Kier molecular flexibility index (Phi) is 17.3. The second-order valence-electron chi connectivity index (χ2n) is 20.1. The van der Waals surface area contributed by atoms with E-state index in [9.17, 15) is 24.3 Å². The minimum Gasteiger partial charge on any atom is -0.494 e. The molecule has 73 heavy (non-hydrogen) atoms. The molecule has 0 aliphatic carbocycles. The van der Waals surface area contributed by atoms with Crippen LogP contribution in [-0.4, -0.2) is 137 Å². The first kappa shape index (κ1) is 53.5. The van der Waals surface area contributed by atoms with Gasteiger partial charge in [0, 0.05) is 96.3 Å². The lowest BCUT2D eigenvalue weighted by Crippen LogP contribution is -2.53. The average molecular weight is 1020 g/mol. The van der Waals surface area contributed by atoms with Crippen LogP contribution in [0.3, 0.4) is 0 Å². The van der Waals surface area contributed by atoms with Gasteiger partial charge in [0.25, 0.3) is 5.91 Å². The van der Waals surface area contributed by atoms with Gasteiger partial charge in [0.05, 0.1) is 50.9 Å². The van der Waals surface area contributed by atoms with Gasteiger partial charge in [-0.05, 0) is 115 Å². The maximum atomic E-state index is 14.5. The number of para-hydroxylation sites is 1. The third-order valence-electron chi connectivity index (χ3n) is 13.7. The molecule has 5 aromatic rings. The number of hydrogen-bond acceptors (Lipinski definition) is 13. The van der Waals surface area contributed by atoms with Crippen molar-refractivity contribution >= 4 is 51.9 Å². The number of aromatic nitrogens is 3. The number of amides is 3. The van der Waals surface area contributed by atoms with Crippen molar-refractivity contribution in [2.45, 2.75) is 112 Å². The van der Waals surface area contributed by atoms with E-state index in [0.29, 0.717) is 101 Å². The molecule has 18 heteroatoms. The third-order valence-corrected chi connectivity index (χ3v) is 14.3. The highest BCUT2D eigenvalue weighted by Gasteiger charge is 2.45. The molecule has 2 saturated heterocycles. The maximum Gasteiger partial charge on any atom is 0.355 e. The zero-order valence-electron chi connectivity index (χ0n) is 43.2. The molecule has 5 heterocycles. The molecule has 2 aromatic heterocycles. The van der Waals surface area contributed by atoms with Gasteiger partial charge in [-0.3, -0.25) is 34.2 Å². The van der Waals surface area contributed by atoms with Crippen molar-refractivity contribution in [2.24, 2.45) is 0 Å². The summed E-state index contributed by atoms with van der Waals surface area (Å²) in [6.07, 6.45) is 0.920. The molecule has 3 aromatic carbocycles. The third kappa shape index (κ3) is 12.2. The molecule has 2 unspecified atom stereocenters. The van der Waals surface area contributed by atoms with Gasteiger partial charge in [-0.25, -0.2) is 4.79 Å². The van der Waals surface area contributed by atoms with E-state index in [-0.39, 0.29) is 18.8 Å². The van der Waals surface area contributed by atoms with E-state index in [1.54, 1.807) is 18.2 Å². The van der Waals surface area contributed by atoms with Crippen LogP contribution < -0.4 is 15.4 Å². The van der Waals surface area contributed by atoms with Gasteiger partial charge in [0.2, 0.25) is 11.8 Å². The van der Waals surface area contributed by atoms with Gasteiger partial charge in [-0.2, -0.15) is 5.10 Å². The van der Waals surface area contributed by atoms with E-state index in [4.69, 9.17) is 40.4 Å². The Labute approximate surface area is 432 Å². The molecule has 3 N–H and O–H groups in total. The molecule has 0 saturated carbocycles. The quantitative estimate of drug-likeness (QED) is 0.0352. The Morgan fingerprint density at radius 3 is 2.34 bits per heavy atom. The Morgan fingerprint density at radius 2 is 1.62 bits per heavy atom. The van der Waals surface area contributed by atoms with Crippen LogP contribution in [0.2, 0.25) is 5.02 Å². The summed E-state index contributed by atoms with van der Waals surface area (Å²) in [6.45, 7) is 21.3. The molecule has 8 rings (SSSR count). The lowest BCUT2D eigenvalue weighted by atomic mass is 9.98. The number of morpholine rings is 1. The number of aryl methyl sites for hydroxylation is 5. The van der Waals surface area contributed by atoms with Crippen LogP contribution in [-0.2, 0) is 48.0 Å². The molecule has 0 spiro atoms. The van der Waals surface area contributed by atoms with Crippen molar-refractivity contribution in [3.63, 3.8) is 0 Å². The van der Waals surface area contributed by atoms with Gasteiger partial charge in [0.1, 0.15) is 23.1 Å². The summed E-state index contributed by atoms with van der Waals surface area (Å²) in [5.41, 5.74) is 8.97. The average Bonchev–Trinajstić information content (AvgIpc) is 3.92. The van der Waals surface area contributed by atoms with Gasteiger partial charge < -0.3 is 38.7 Å². The molecule has 3 aliphatic heterocycles. The number of fused-ring (bicyclic) bond motifs is 2. The minimum atomic E-state index is -1.33. The Morgan fingerprint density at radius 1 is 0.904 bits per heavy atom. The van der Waals surface area contributed by atoms with Gasteiger partial charge >= 0.3 is 5.97 Å². The van der Waals surface area contributed by atoms with Gasteiger partial charge in [-0.15, -0.1) is 0 Å². The molecular weight excluding hydrogens is 954 g/mol. The number of ether oxygens (including phenoxy) is 5. The first-order valence-corrected chi connectivity index (χ1v) is 25.9. The van der Waals surface area contributed by atoms with Crippen molar-refractivity contribution in [3.8, 4) is 16.9 Å². The standard InChI is InChI=1S/C55H70ClN7O10/c1-34-32-38(33-35(2)48(34)56)72-26-10-15-40-39-12-8-13-41(49(39)61(22-21-60-23-28-71-29-24-60)50(40)54(68)73-55(5,6)7)46-36(3)59-62(37(46)4)20-11-25-69-30-31-70-27-19-57-43-16-9-14-42-47(43)53(67)63(52(42)66)44-17-18-45(64)58-51(44)65/h8-9,12-14,16,32-33,44,53,57,67H,10-11,15,17-31H2,1-7H3,(H,58,64,65). The van der Waals surface area contributed by atoms with E-state index in [1.807, 2.05) is 58.4 Å². The molecule has 2 fully saturated rings. The highest BCUT2D eigenvalue weighted by Crippen LogP contribution is 2.41. The molecule has 3 aliphatic rings. The lowest BCUT2D eigenvalue weighted by Gasteiger charge is -2.32. The summed E-state index contributed by atoms with van der Waals surface area (Å²) < 4.78 is 34.2. The molecular formula is C55H70ClN7O10. The fraction of sp³-hybridized carbons (Fsp3) is 0.509. The Hall–Kier alpha value is -5.82. The number of aliphatic hydroxyl groups excluding tert-OH is 1. The number of anilines is 1. The SMILES string of the molecule is Cc1cc(OCCCc2c(C(=O)OC(C)(C)C)n(CCN3CCOCC3)c3c(-c4c(C)nn(CCCOCCOCCNc5cccc6c5C(O)N(C5CCC(=O)NC5=O)C6=O)c4C)cccc23)cc(C)c1Cl. The molecule has 0 bridgehead atoms. The Balaban J connectivity index is 0.904. The number of carbonyl (C=O) groups excluding carboxylic acids is 4. The highest BCUT2D eigenvalue weighted by molar-refractivity contribution is 6.32. The molecule has 2 atom stereocenters. The van der Waals surface area contributed by atoms with Gasteiger partial charge in [-0.1, -0.05) is 35.9 Å². The number of halogens is 1. The first-order chi connectivity index (χ1) is 35.0. The largest absolute Gasteiger partial charge is 0.494 e. The Bertz CT molecular complexity index is 2810. The number of benzene rings is 3. The second-order valence-corrected chi connectivity index (χ2v) is 20.4. The summed E-state index contributed by atoms with van der Waals surface area (Å²) in [7, 11) is 0. The number of imide groups is 1. The number of piperidine rings is 1. The summed E-state index contributed by atoms with van der Waals surface area (Å²) in [6, 6.07) is 14.4. The van der Waals surface area contributed by atoms with Crippen LogP contribution in [0.5, 0.6) is 5.75 Å². The number of carbonyl (C=O) groups is 4. The maximum absolute atomic E-state index is 14.5. The van der Waals surface area contributed by atoms with Crippen molar-refractivity contribution in [2.75, 3.05) is 77.7 Å². The number of hydrogen-bond donors (Lipinski definition) is 3. The smallest absolute Gasteiger partial charge is 0.355 e. The fourth-order valence-corrected chi connectivity index (χ4v) is 10.4. The zero-order chi connectivity index (χ0) is 52.0. The number of aliphatic hydroxyl groups is 1. The molecule has 3 amide bonds. The number of rotatable bonds is 22. The molecule has 392 valence electrons. The second kappa shape index (κ2) is 23.6. The fourth-order valence-electron chi connectivity index (χ4n) is 10.2. The van der Waals surface area contributed by atoms with Crippen LogP contribution in [0.25, 0.3) is 22.0 Å². The van der Waals surface area contributed by atoms with Gasteiger partial charge in [0.15, 0.2) is 6.23 Å². The zero-order valence-corrected chi connectivity index (χ0v) is 44.0. The number of nitrogens with one attached hydrogen (secondary N) is 2. The number of esters is 1. The van der Waals surface area contributed by atoms with Crippen LogP contribution in [0.15, 0.2) is 48.5 Å². The lowest BCUT2D eigenvalue weighted by molar-refractivity contribution is -0.139. The summed E-state index contributed by atoms with van der Waals surface area (Å²) in [5, 5.41) is 23.5. The predicted molar refractivity (Wildman–Crippen MR) is 278 cm³/mol. The van der Waals surface area contributed by atoms with Crippen molar-refractivity contribution in [1.82, 2.24) is 29.5 Å². The van der Waals surface area contributed by atoms with Crippen molar-refractivity contribution < 1.29 is 48.0 Å². The van der Waals surface area contributed by atoms with Crippen LogP contribution in [0, 0.1) is 27.7 Å². The van der Waals surface area contributed by atoms with Crippen molar-refractivity contribution in [1.29, 1.82) is 0 Å². The van der Waals surface area contributed by atoms with E-state index in [0.717, 1.165) is 91.8 Å². The van der Waals surface area contributed by atoms with E-state index in [1.165, 1.54) is 0 Å². The first-order valence-electron chi connectivity index (χ1n) is 25.5. The van der Waals surface area contributed by atoms with Crippen LogP contribution in [0.1, 0.15) is 107 Å². The van der Waals surface area contributed by atoms with E-state index < -0.39 is 35.6 Å². The monoisotopic (exact) mass is 1020 g/mol. The number of nitrogens with zero attached hydrogens (tertiary/aromatic N) is 5. The summed E-state index contributed by atoms with van der Waals surface area (Å²) in [4.78, 5) is 55.5. The van der Waals surface area contributed by atoms with E-state index >= 15 is 0 Å². The summed E-state index contributed by atoms with van der Waals surface area (Å²) in [5.74, 6) is -1.01. The normalized spacial score (nSPS) is 17.4. The molecule has 0 radical (unpaired) electrons.